The maximum atomic E-state index is 12.0. The molecular formula is C10H14BrO4P. The molecule has 90 valence electrons. The van der Waals surface area contributed by atoms with E-state index in [1.807, 2.05) is 0 Å². The highest BCUT2D eigenvalue weighted by Crippen LogP contribution is 2.49. The van der Waals surface area contributed by atoms with E-state index in [0.29, 0.717) is 5.75 Å². The summed E-state index contributed by atoms with van der Waals surface area (Å²) in [5.74, 6) is 0.452. The number of benzene rings is 1. The molecule has 6 heteroatoms. The molecule has 0 saturated carbocycles. The third-order valence-electron chi connectivity index (χ3n) is 1.61. The minimum absolute atomic E-state index is 0.272. The first-order valence-corrected chi connectivity index (χ1v) is 7.19. The van der Waals surface area contributed by atoms with Crippen molar-refractivity contribution in [3.8, 4) is 5.75 Å². The quantitative estimate of drug-likeness (QED) is 0.745. The van der Waals surface area contributed by atoms with Crippen LogP contribution in [0.5, 0.6) is 5.75 Å². The van der Waals surface area contributed by atoms with Crippen molar-refractivity contribution in [2.24, 2.45) is 0 Å². The van der Waals surface area contributed by atoms with Crippen LogP contribution in [0.2, 0.25) is 0 Å². The van der Waals surface area contributed by atoms with Crippen LogP contribution in [-0.4, -0.2) is 13.2 Å². The van der Waals surface area contributed by atoms with Crippen molar-refractivity contribution in [3.05, 3.63) is 28.7 Å². The van der Waals surface area contributed by atoms with Crippen LogP contribution in [0.3, 0.4) is 0 Å². The summed E-state index contributed by atoms with van der Waals surface area (Å²) in [6.45, 7) is 4.01. The van der Waals surface area contributed by atoms with E-state index in [1.54, 1.807) is 38.1 Å². The Hall–Kier alpha value is -0.350. The highest BCUT2D eigenvalue weighted by Gasteiger charge is 2.27. The Morgan fingerprint density at radius 2 is 1.62 bits per heavy atom. The lowest BCUT2D eigenvalue weighted by Gasteiger charge is -2.16. The SMILES string of the molecule is CCOP(=O)(OCC)Oc1ccc(Br)cc1. The van der Waals surface area contributed by atoms with Crippen LogP contribution in [0.4, 0.5) is 0 Å². The first-order valence-electron chi connectivity index (χ1n) is 4.94. The number of hydrogen-bond donors (Lipinski definition) is 0. The van der Waals surface area contributed by atoms with E-state index in [4.69, 9.17) is 13.6 Å². The van der Waals surface area contributed by atoms with E-state index in [-0.39, 0.29) is 13.2 Å². The summed E-state index contributed by atoms with van der Waals surface area (Å²) in [6.07, 6.45) is 0. The minimum atomic E-state index is -3.47. The van der Waals surface area contributed by atoms with Crippen LogP contribution < -0.4 is 4.52 Å². The molecule has 0 amide bonds. The fourth-order valence-electron chi connectivity index (χ4n) is 1.03. The molecule has 0 aromatic heterocycles. The molecule has 16 heavy (non-hydrogen) atoms. The van der Waals surface area contributed by atoms with Crippen molar-refractivity contribution >= 4 is 23.8 Å². The lowest BCUT2D eigenvalue weighted by molar-refractivity contribution is 0.167. The second-order valence-electron chi connectivity index (χ2n) is 2.83. The molecular weight excluding hydrogens is 295 g/mol. The molecule has 1 rings (SSSR count). The summed E-state index contributed by atoms with van der Waals surface area (Å²) >= 11 is 3.30. The molecule has 0 aliphatic heterocycles. The summed E-state index contributed by atoms with van der Waals surface area (Å²) in [6, 6.07) is 6.96. The molecule has 1 aromatic carbocycles. The Kier molecular flexibility index (Phi) is 5.49. The zero-order valence-corrected chi connectivity index (χ0v) is 11.7. The van der Waals surface area contributed by atoms with Gasteiger partial charge in [0.1, 0.15) is 5.75 Å². The van der Waals surface area contributed by atoms with Crippen LogP contribution in [0, 0.1) is 0 Å². The highest BCUT2D eigenvalue weighted by molar-refractivity contribution is 9.10. The molecule has 0 spiro atoms. The Balaban J connectivity index is 2.75. The van der Waals surface area contributed by atoms with Gasteiger partial charge >= 0.3 is 7.82 Å². The van der Waals surface area contributed by atoms with Crippen LogP contribution in [0.15, 0.2) is 28.7 Å². The molecule has 0 bridgehead atoms. The predicted molar refractivity (Wildman–Crippen MR) is 65.6 cm³/mol. The molecule has 0 heterocycles. The third kappa shape index (κ3) is 4.26. The predicted octanol–water partition coefficient (Wildman–Crippen LogP) is 4.01. The maximum absolute atomic E-state index is 12.0. The fourth-order valence-corrected chi connectivity index (χ4v) is 2.49. The van der Waals surface area contributed by atoms with Gasteiger partial charge in [-0.1, -0.05) is 15.9 Å². The van der Waals surface area contributed by atoms with Gasteiger partial charge < -0.3 is 4.52 Å². The summed E-state index contributed by atoms with van der Waals surface area (Å²) in [5.41, 5.74) is 0. The first-order chi connectivity index (χ1) is 7.59. The molecule has 0 saturated heterocycles. The monoisotopic (exact) mass is 308 g/mol. The molecule has 0 aliphatic carbocycles. The average molecular weight is 309 g/mol. The molecule has 4 nitrogen and oxygen atoms in total. The lowest BCUT2D eigenvalue weighted by Crippen LogP contribution is -2.02. The van der Waals surface area contributed by atoms with E-state index >= 15 is 0 Å². The van der Waals surface area contributed by atoms with Crippen LogP contribution in [-0.2, 0) is 13.6 Å². The molecule has 0 radical (unpaired) electrons. The zero-order chi connectivity index (χ0) is 12.0. The van der Waals surface area contributed by atoms with Gasteiger partial charge in [0.05, 0.1) is 13.2 Å². The maximum Gasteiger partial charge on any atom is 0.530 e. The zero-order valence-electron chi connectivity index (χ0n) is 9.18. The molecule has 0 unspecified atom stereocenters. The summed E-state index contributed by atoms with van der Waals surface area (Å²) in [7, 11) is -3.47. The first kappa shape index (κ1) is 13.7. The Morgan fingerprint density at radius 1 is 1.12 bits per heavy atom. The summed E-state index contributed by atoms with van der Waals surface area (Å²) < 4.78 is 28.1. The largest absolute Gasteiger partial charge is 0.530 e. The normalized spacial score (nSPS) is 11.4. The van der Waals surface area contributed by atoms with Crippen molar-refractivity contribution in [2.45, 2.75) is 13.8 Å². The smallest absolute Gasteiger partial charge is 0.404 e. The van der Waals surface area contributed by atoms with Crippen molar-refractivity contribution < 1.29 is 18.1 Å². The van der Waals surface area contributed by atoms with Crippen LogP contribution in [0.1, 0.15) is 13.8 Å². The van der Waals surface area contributed by atoms with E-state index < -0.39 is 7.82 Å². The van der Waals surface area contributed by atoms with Gasteiger partial charge in [-0.2, -0.15) is 0 Å². The molecule has 0 fully saturated rings. The van der Waals surface area contributed by atoms with Crippen LogP contribution in [0.25, 0.3) is 0 Å². The molecule has 0 atom stereocenters. The number of hydrogen-bond acceptors (Lipinski definition) is 4. The van der Waals surface area contributed by atoms with Crippen molar-refractivity contribution in [2.75, 3.05) is 13.2 Å². The van der Waals surface area contributed by atoms with Crippen molar-refractivity contribution in [3.63, 3.8) is 0 Å². The standard InChI is InChI=1S/C10H14BrO4P/c1-3-13-16(12,14-4-2)15-10-7-5-9(11)6-8-10/h5-8H,3-4H2,1-2H3. The topological polar surface area (TPSA) is 44.8 Å². The van der Waals surface area contributed by atoms with Gasteiger partial charge in [-0.05, 0) is 38.1 Å². The lowest BCUT2D eigenvalue weighted by atomic mass is 10.3. The van der Waals surface area contributed by atoms with Gasteiger partial charge in [0.2, 0.25) is 0 Å². The Morgan fingerprint density at radius 3 is 2.06 bits per heavy atom. The van der Waals surface area contributed by atoms with E-state index in [9.17, 15) is 4.57 Å². The molecule has 1 aromatic rings. The second kappa shape index (κ2) is 6.40. The van der Waals surface area contributed by atoms with E-state index in [2.05, 4.69) is 15.9 Å². The van der Waals surface area contributed by atoms with Crippen LogP contribution >= 0.6 is 23.8 Å². The van der Waals surface area contributed by atoms with E-state index in [0.717, 1.165) is 4.47 Å². The van der Waals surface area contributed by atoms with Gasteiger partial charge in [-0.25, -0.2) is 4.57 Å². The van der Waals surface area contributed by atoms with Crippen molar-refractivity contribution in [1.29, 1.82) is 0 Å². The average Bonchev–Trinajstić information content (AvgIpc) is 2.22. The van der Waals surface area contributed by atoms with Gasteiger partial charge in [-0.15, -0.1) is 0 Å². The Labute approximate surface area is 104 Å². The molecule has 0 N–H and O–H groups in total. The Bertz CT molecular complexity index is 356. The van der Waals surface area contributed by atoms with Gasteiger partial charge in [-0.3, -0.25) is 9.05 Å². The summed E-state index contributed by atoms with van der Waals surface area (Å²) in [5, 5.41) is 0. The number of phosphoric acid groups is 1. The van der Waals surface area contributed by atoms with Gasteiger partial charge in [0, 0.05) is 4.47 Å². The minimum Gasteiger partial charge on any atom is -0.404 e. The number of halogens is 1. The van der Waals surface area contributed by atoms with Gasteiger partial charge in [0.15, 0.2) is 0 Å². The van der Waals surface area contributed by atoms with Gasteiger partial charge in [0.25, 0.3) is 0 Å². The highest BCUT2D eigenvalue weighted by atomic mass is 79.9. The second-order valence-corrected chi connectivity index (χ2v) is 5.34. The number of phosphoric ester groups is 1. The number of rotatable bonds is 6. The summed E-state index contributed by atoms with van der Waals surface area (Å²) in [4.78, 5) is 0. The van der Waals surface area contributed by atoms with Crippen molar-refractivity contribution in [1.82, 2.24) is 0 Å². The molecule has 0 aliphatic rings. The fraction of sp³-hybridized carbons (Fsp3) is 0.400. The third-order valence-corrected chi connectivity index (χ3v) is 3.72. The van der Waals surface area contributed by atoms with E-state index in [1.165, 1.54) is 0 Å².